The molecule has 0 atom stereocenters. The van der Waals surface area contributed by atoms with E-state index in [1.807, 2.05) is 54.2 Å². The molecule has 1 aliphatic heterocycles. The van der Waals surface area contributed by atoms with Crippen LogP contribution in [0.1, 0.15) is 10.5 Å². The van der Waals surface area contributed by atoms with Gasteiger partial charge in [0, 0.05) is 39.7 Å². The first-order valence-electron chi connectivity index (χ1n) is 8.50. The second-order valence-electron chi connectivity index (χ2n) is 6.10. The number of benzene rings is 2. The molecule has 1 saturated heterocycles. The lowest BCUT2D eigenvalue weighted by molar-refractivity contribution is 0.102. The highest BCUT2D eigenvalue weighted by Gasteiger charge is 2.18. The van der Waals surface area contributed by atoms with E-state index >= 15 is 0 Å². The predicted molar refractivity (Wildman–Crippen MR) is 118 cm³/mol. The minimum atomic E-state index is -0.171. The van der Waals surface area contributed by atoms with Crippen molar-refractivity contribution < 1.29 is 4.79 Å². The summed E-state index contributed by atoms with van der Waals surface area (Å²) in [6.45, 7) is 2.00. The predicted octanol–water partition coefficient (Wildman–Crippen LogP) is 4.64. The SMILES string of the molecule is O=C(Nc1ccc(I)cc1N1CCSCC1)c1nccc2ccccc12. The summed E-state index contributed by atoms with van der Waals surface area (Å²) in [6.07, 6.45) is 1.69. The van der Waals surface area contributed by atoms with Gasteiger partial charge < -0.3 is 10.2 Å². The van der Waals surface area contributed by atoms with Gasteiger partial charge in [0.1, 0.15) is 5.69 Å². The Hall–Kier alpha value is -1.80. The van der Waals surface area contributed by atoms with E-state index in [-0.39, 0.29) is 5.91 Å². The van der Waals surface area contributed by atoms with Gasteiger partial charge in [0.05, 0.1) is 11.4 Å². The third kappa shape index (κ3) is 3.66. The number of aromatic nitrogens is 1. The molecule has 1 aromatic heterocycles. The molecule has 26 heavy (non-hydrogen) atoms. The molecule has 2 heterocycles. The van der Waals surface area contributed by atoms with Crippen LogP contribution in [0.4, 0.5) is 11.4 Å². The van der Waals surface area contributed by atoms with Crippen molar-refractivity contribution in [3.63, 3.8) is 0 Å². The van der Waals surface area contributed by atoms with Gasteiger partial charge in [-0.1, -0.05) is 24.3 Å². The van der Waals surface area contributed by atoms with E-state index in [0.717, 1.165) is 50.3 Å². The summed E-state index contributed by atoms with van der Waals surface area (Å²) in [6, 6.07) is 15.9. The number of anilines is 2. The maximum Gasteiger partial charge on any atom is 0.274 e. The molecule has 3 aromatic rings. The van der Waals surface area contributed by atoms with Crippen molar-refractivity contribution in [2.24, 2.45) is 0 Å². The molecule has 0 bridgehead atoms. The quantitative estimate of drug-likeness (QED) is 0.561. The zero-order chi connectivity index (χ0) is 17.9. The van der Waals surface area contributed by atoms with Crippen molar-refractivity contribution in [3.05, 3.63) is 64.0 Å². The van der Waals surface area contributed by atoms with Crippen LogP contribution >= 0.6 is 34.4 Å². The van der Waals surface area contributed by atoms with Gasteiger partial charge in [-0.2, -0.15) is 11.8 Å². The van der Waals surface area contributed by atoms with E-state index in [0.29, 0.717) is 5.69 Å². The monoisotopic (exact) mass is 475 g/mol. The summed E-state index contributed by atoms with van der Waals surface area (Å²) >= 11 is 4.29. The number of rotatable bonds is 3. The normalized spacial score (nSPS) is 14.4. The molecule has 132 valence electrons. The first kappa shape index (κ1) is 17.6. The number of hydrogen-bond acceptors (Lipinski definition) is 4. The van der Waals surface area contributed by atoms with Crippen LogP contribution in [0.5, 0.6) is 0 Å². The summed E-state index contributed by atoms with van der Waals surface area (Å²) in [5, 5.41) is 4.98. The van der Waals surface area contributed by atoms with E-state index in [1.54, 1.807) is 6.20 Å². The number of carbonyl (C=O) groups excluding carboxylic acids is 1. The van der Waals surface area contributed by atoms with Crippen molar-refractivity contribution in [2.75, 3.05) is 34.8 Å². The lowest BCUT2D eigenvalue weighted by Crippen LogP contribution is -2.33. The Bertz CT molecular complexity index is 951. The Kier molecular flexibility index (Phi) is 5.31. The molecule has 0 radical (unpaired) electrons. The number of thioether (sulfide) groups is 1. The second kappa shape index (κ2) is 7.84. The molecule has 1 amide bonds. The number of amides is 1. The number of hydrogen-bond donors (Lipinski definition) is 1. The van der Waals surface area contributed by atoms with E-state index in [1.165, 1.54) is 0 Å². The van der Waals surface area contributed by atoms with Crippen LogP contribution in [-0.4, -0.2) is 35.5 Å². The third-order valence-corrected chi connectivity index (χ3v) is 6.06. The fourth-order valence-electron chi connectivity index (χ4n) is 3.16. The zero-order valence-corrected chi connectivity index (χ0v) is 17.1. The average Bonchev–Trinajstić information content (AvgIpc) is 2.69. The van der Waals surface area contributed by atoms with Gasteiger partial charge >= 0.3 is 0 Å². The third-order valence-electron chi connectivity index (χ3n) is 4.45. The summed E-state index contributed by atoms with van der Waals surface area (Å²) in [4.78, 5) is 19.6. The molecule has 6 heteroatoms. The fourth-order valence-corrected chi connectivity index (χ4v) is 4.54. The minimum absolute atomic E-state index is 0.171. The van der Waals surface area contributed by atoms with Gasteiger partial charge in [0.25, 0.3) is 5.91 Å². The highest BCUT2D eigenvalue weighted by molar-refractivity contribution is 14.1. The lowest BCUT2D eigenvalue weighted by Gasteiger charge is -2.30. The minimum Gasteiger partial charge on any atom is -0.368 e. The van der Waals surface area contributed by atoms with Crippen molar-refractivity contribution in [3.8, 4) is 0 Å². The highest BCUT2D eigenvalue weighted by atomic mass is 127. The molecule has 0 spiro atoms. The Balaban J connectivity index is 1.67. The zero-order valence-electron chi connectivity index (χ0n) is 14.1. The maximum atomic E-state index is 12.9. The van der Waals surface area contributed by atoms with E-state index in [2.05, 4.69) is 43.9 Å². The summed E-state index contributed by atoms with van der Waals surface area (Å²) in [7, 11) is 0. The molecule has 1 N–H and O–H groups in total. The van der Waals surface area contributed by atoms with Crippen LogP contribution in [0.25, 0.3) is 10.8 Å². The first-order valence-corrected chi connectivity index (χ1v) is 10.7. The molecule has 0 aliphatic carbocycles. The number of nitrogens with zero attached hydrogens (tertiary/aromatic N) is 2. The number of fused-ring (bicyclic) bond motifs is 1. The number of pyridine rings is 1. The molecule has 0 unspecified atom stereocenters. The average molecular weight is 475 g/mol. The molecular weight excluding hydrogens is 457 g/mol. The van der Waals surface area contributed by atoms with Crippen molar-refractivity contribution in [1.82, 2.24) is 4.98 Å². The van der Waals surface area contributed by atoms with Gasteiger partial charge in [0.2, 0.25) is 0 Å². The summed E-state index contributed by atoms with van der Waals surface area (Å²) < 4.78 is 1.16. The lowest BCUT2D eigenvalue weighted by atomic mass is 10.1. The molecular formula is C20H18IN3OS. The van der Waals surface area contributed by atoms with Crippen LogP contribution in [-0.2, 0) is 0 Å². The first-order chi connectivity index (χ1) is 12.7. The highest BCUT2D eigenvalue weighted by Crippen LogP contribution is 2.30. The van der Waals surface area contributed by atoms with E-state index in [9.17, 15) is 4.79 Å². The molecule has 2 aromatic carbocycles. The maximum absolute atomic E-state index is 12.9. The van der Waals surface area contributed by atoms with Crippen LogP contribution in [0.3, 0.4) is 0 Å². The fraction of sp³-hybridized carbons (Fsp3) is 0.200. The molecule has 0 saturated carbocycles. The Morgan fingerprint density at radius 3 is 2.77 bits per heavy atom. The topological polar surface area (TPSA) is 45.2 Å². The Labute approximate surface area is 170 Å². The molecule has 4 rings (SSSR count). The summed E-state index contributed by atoms with van der Waals surface area (Å²) in [5.41, 5.74) is 2.39. The van der Waals surface area contributed by atoms with Gasteiger partial charge in [0.15, 0.2) is 0 Å². The summed E-state index contributed by atoms with van der Waals surface area (Å²) in [5.74, 6) is 2.06. The van der Waals surface area contributed by atoms with Gasteiger partial charge in [-0.15, -0.1) is 0 Å². The van der Waals surface area contributed by atoms with Gasteiger partial charge in [-0.05, 0) is 52.2 Å². The van der Waals surface area contributed by atoms with Crippen molar-refractivity contribution in [1.29, 1.82) is 0 Å². The Morgan fingerprint density at radius 2 is 1.92 bits per heavy atom. The van der Waals surface area contributed by atoms with Crippen LogP contribution in [0.15, 0.2) is 54.7 Å². The van der Waals surface area contributed by atoms with Crippen LogP contribution in [0, 0.1) is 3.57 Å². The standard InChI is InChI=1S/C20H18IN3OS/c21-15-5-6-17(18(13-15)24-9-11-26-12-10-24)23-20(25)19-16-4-2-1-3-14(16)7-8-22-19/h1-8,13H,9-12H2,(H,23,25). The number of nitrogens with one attached hydrogen (secondary N) is 1. The van der Waals surface area contributed by atoms with Gasteiger partial charge in [-0.3, -0.25) is 9.78 Å². The second-order valence-corrected chi connectivity index (χ2v) is 8.57. The molecule has 1 aliphatic rings. The van der Waals surface area contributed by atoms with Crippen LogP contribution < -0.4 is 10.2 Å². The Morgan fingerprint density at radius 1 is 1.12 bits per heavy atom. The van der Waals surface area contributed by atoms with E-state index in [4.69, 9.17) is 0 Å². The largest absolute Gasteiger partial charge is 0.368 e. The smallest absolute Gasteiger partial charge is 0.274 e. The number of halogens is 1. The van der Waals surface area contributed by atoms with E-state index < -0.39 is 0 Å². The molecule has 4 nitrogen and oxygen atoms in total. The number of carbonyl (C=O) groups is 1. The van der Waals surface area contributed by atoms with Crippen LogP contribution in [0.2, 0.25) is 0 Å². The van der Waals surface area contributed by atoms with Crippen molar-refractivity contribution in [2.45, 2.75) is 0 Å². The van der Waals surface area contributed by atoms with Crippen molar-refractivity contribution >= 4 is 62.4 Å². The molecule has 1 fully saturated rings. The van der Waals surface area contributed by atoms with Gasteiger partial charge in [-0.25, -0.2) is 0 Å².